The third-order valence-corrected chi connectivity index (χ3v) is 1.62. The van der Waals surface area contributed by atoms with Gasteiger partial charge in [0.1, 0.15) is 10.2 Å². The van der Waals surface area contributed by atoms with E-state index in [4.69, 9.17) is 5.11 Å². The number of carbonyl (C=O) groups is 1. The molecule has 1 rings (SSSR count). The van der Waals surface area contributed by atoms with E-state index in [1.165, 1.54) is 0 Å². The summed E-state index contributed by atoms with van der Waals surface area (Å²) in [6.45, 7) is 0. The molecule has 1 heterocycles. The Morgan fingerprint density at radius 1 is 1.57 bits per heavy atom. The molecule has 4 nitrogen and oxygen atoms in total. The molecular formula is C6H3F3N2O2S. The van der Waals surface area contributed by atoms with E-state index in [0.29, 0.717) is 6.20 Å². The summed E-state index contributed by atoms with van der Waals surface area (Å²) in [7, 11) is 0. The average Bonchev–Trinajstić information content (AvgIpc) is 2.01. The van der Waals surface area contributed by atoms with Crippen LogP contribution < -0.4 is 0 Å². The van der Waals surface area contributed by atoms with E-state index >= 15 is 0 Å². The Morgan fingerprint density at radius 2 is 2.14 bits per heavy atom. The van der Waals surface area contributed by atoms with Crippen molar-refractivity contribution in [2.45, 2.75) is 6.18 Å². The van der Waals surface area contributed by atoms with Crippen LogP contribution in [-0.4, -0.2) is 21.0 Å². The van der Waals surface area contributed by atoms with Crippen LogP contribution in [0, 0.1) is 4.64 Å². The second kappa shape index (κ2) is 3.37. The lowest BCUT2D eigenvalue weighted by Crippen LogP contribution is -2.13. The summed E-state index contributed by atoms with van der Waals surface area (Å²) in [4.78, 5) is 15.0. The molecule has 0 radical (unpaired) electrons. The Morgan fingerprint density at radius 3 is 2.50 bits per heavy atom. The van der Waals surface area contributed by atoms with Crippen molar-refractivity contribution in [1.29, 1.82) is 0 Å². The zero-order valence-corrected chi connectivity index (χ0v) is 7.24. The van der Waals surface area contributed by atoms with Crippen LogP contribution in [0.2, 0.25) is 0 Å². The second-order valence-corrected chi connectivity index (χ2v) is 2.69. The highest BCUT2D eigenvalue weighted by atomic mass is 32.1. The predicted molar refractivity (Wildman–Crippen MR) is 41.4 cm³/mol. The van der Waals surface area contributed by atoms with E-state index in [2.05, 4.69) is 17.2 Å². The van der Waals surface area contributed by atoms with E-state index in [1.54, 1.807) is 4.98 Å². The molecule has 0 atom stereocenters. The Bertz CT molecular complexity index is 426. The summed E-state index contributed by atoms with van der Waals surface area (Å²) in [6, 6.07) is 0. The van der Waals surface area contributed by atoms with Gasteiger partial charge in [-0.3, -0.25) is 0 Å². The van der Waals surface area contributed by atoms with Crippen molar-refractivity contribution in [3.05, 3.63) is 22.2 Å². The number of nitrogens with one attached hydrogen (secondary N) is 1. The number of hydrogen-bond donors (Lipinski definition) is 2. The molecule has 0 spiro atoms. The lowest BCUT2D eigenvalue weighted by Gasteiger charge is -2.05. The van der Waals surface area contributed by atoms with E-state index in [1.807, 2.05) is 0 Å². The Balaban J connectivity index is 3.27. The lowest BCUT2D eigenvalue weighted by molar-refractivity contribution is -0.145. The quantitative estimate of drug-likeness (QED) is 0.714. The molecule has 76 valence electrons. The minimum Gasteiger partial charge on any atom is -0.478 e. The van der Waals surface area contributed by atoms with Gasteiger partial charge >= 0.3 is 12.1 Å². The summed E-state index contributed by atoms with van der Waals surface area (Å²) < 4.78 is 35.5. The fraction of sp³-hybridized carbons (Fsp3) is 0.167. The maximum Gasteiger partial charge on any atom is 0.449 e. The average molecular weight is 224 g/mol. The molecule has 0 fully saturated rings. The van der Waals surface area contributed by atoms with Crippen LogP contribution in [0.5, 0.6) is 0 Å². The first kappa shape index (κ1) is 10.6. The number of halogens is 3. The van der Waals surface area contributed by atoms with Crippen LogP contribution in [-0.2, 0) is 6.18 Å². The topological polar surface area (TPSA) is 66.0 Å². The molecule has 0 aromatic carbocycles. The number of carboxylic acid groups (broad SMARTS) is 1. The van der Waals surface area contributed by atoms with Gasteiger partial charge in [-0.15, -0.1) is 0 Å². The van der Waals surface area contributed by atoms with Gasteiger partial charge in [0.2, 0.25) is 5.82 Å². The fourth-order valence-corrected chi connectivity index (χ4v) is 0.928. The van der Waals surface area contributed by atoms with Crippen molar-refractivity contribution in [1.82, 2.24) is 9.97 Å². The van der Waals surface area contributed by atoms with Crippen molar-refractivity contribution in [3.8, 4) is 0 Å². The number of aromatic carboxylic acids is 1. The van der Waals surface area contributed by atoms with Crippen LogP contribution in [0.1, 0.15) is 16.2 Å². The third-order valence-electron chi connectivity index (χ3n) is 1.30. The highest BCUT2D eigenvalue weighted by Gasteiger charge is 2.33. The van der Waals surface area contributed by atoms with Crippen LogP contribution >= 0.6 is 12.2 Å². The molecule has 1 aromatic rings. The van der Waals surface area contributed by atoms with E-state index in [-0.39, 0.29) is 0 Å². The number of aromatic nitrogens is 2. The second-order valence-electron chi connectivity index (χ2n) is 2.28. The molecular weight excluding hydrogens is 221 g/mol. The normalized spacial score (nSPS) is 11.4. The molecule has 8 heteroatoms. The van der Waals surface area contributed by atoms with Crippen molar-refractivity contribution in [2.75, 3.05) is 0 Å². The van der Waals surface area contributed by atoms with Crippen molar-refractivity contribution < 1.29 is 23.1 Å². The SMILES string of the molecule is O=C(O)c1cnc(C(F)(F)F)[nH]c1=S. The zero-order chi connectivity index (χ0) is 10.9. The molecule has 0 aliphatic rings. The fourth-order valence-electron chi connectivity index (χ4n) is 0.691. The maximum absolute atomic E-state index is 12.0. The van der Waals surface area contributed by atoms with Crippen molar-refractivity contribution >= 4 is 18.2 Å². The minimum absolute atomic E-state index is 0.465. The molecule has 0 amide bonds. The number of carboxylic acids is 1. The van der Waals surface area contributed by atoms with Crippen LogP contribution in [0.25, 0.3) is 0 Å². The minimum atomic E-state index is -4.66. The van der Waals surface area contributed by atoms with Gasteiger partial charge in [-0.1, -0.05) is 12.2 Å². The monoisotopic (exact) mass is 224 g/mol. The van der Waals surface area contributed by atoms with Crippen LogP contribution in [0.3, 0.4) is 0 Å². The summed E-state index contributed by atoms with van der Waals surface area (Å²) >= 11 is 4.41. The van der Waals surface area contributed by atoms with E-state index < -0.39 is 28.2 Å². The lowest BCUT2D eigenvalue weighted by atomic mass is 10.3. The summed E-state index contributed by atoms with van der Waals surface area (Å²) in [6.07, 6.45) is -4.09. The standard InChI is InChI=1S/C6H3F3N2O2S/c7-6(8,9)5-10-1-2(4(12)13)3(14)11-5/h1H,(H,12,13)(H,10,11,14). The molecule has 1 aromatic heterocycles. The molecule has 0 aliphatic carbocycles. The smallest absolute Gasteiger partial charge is 0.449 e. The molecule has 14 heavy (non-hydrogen) atoms. The molecule has 0 bridgehead atoms. The molecule has 2 N–H and O–H groups in total. The Kier molecular flexibility index (Phi) is 2.56. The van der Waals surface area contributed by atoms with Gasteiger partial charge in [-0.25, -0.2) is 9.78 Å². The van der Waals surface area contributed by atoms with Gasteiger partial charge in [0.05, 0.1) is 0 Å². The molecule has 0 saturated heterocycles. The number of rotatable bonds is 1. The van der Waals surface area contributed by atoms with E-state index in [9.17, 15) is 18.0 Å². The largest absolute Gasteiger partial charge is 0.478 e. The van der Waals surface area contributed by atoms with Crippen LogP contribution in [0.15, 0.2) is 6.20 Å². The zero-order valence-electron chi connectivity index (χ0n) is 6.42. The van der Waals surface area contributed by atoms with Gasteiger partial charge in [-0.05, 0) is 0 Å². The first-order chi connectivity index (χ1) is 6.32. The molecule has 0 aliphatic heterocycles. The van der Waals surface area contributed by atoms with Gasteiger partial charge in [0, 0.05) is 6.20 Å². The first-order valence-corrected chi connectivity index (χ1v) is 3.63. The van der Waals surface area contributed by atoms with Crippen molar-refractivity contribution in [3.63, 3.8) is 0 Å². The highest BCUT2D eigenvalue weighted by Crippen LogP contribution is 2.25. The summed E-state index contributed by atoms with van der Waals surface area (Å²) in [5, 5.41) is 8.45. The molecule has 0 saturated carbocycles. The summed E-state index contributed by atoms with van der Waals surface area (Å²) in [5.74, 6) is -2.74. The Labute approximate surface area is 80.4 Å². The number of alkyl halides is 3. The van der Waals surface area contributed by atoms with E-state index in [0.717, 1.165) is 0 Å². The Hall–Kier alpha value is -1.44. The van der Waals surface area contributed by atoms with Crippen molar-refractivity contribution in [2.24, 2.45) is 0 Å². The predicted octanol–water partition coefficient (Wildman–Crippen LogP) is 1.86. The van der Waals surface area contributed by atoms with Crippen LogP contribution in [0.4, 0.5) is 13.2 Å². The number of hydrogen-bond acceptors (Lipinski definition) is 3. The third kappa shape index (κ3) is 2.08. The van der Waals surface area contributed by atoms with Gasteiger partial charge in [0.25, 0.3) is 0 Å². The molecule has 0 unspecified atom stereocenters. The van der Waals surface area contributed by atoms with Gasteiger partial charge in [0.15, 0.2) is 0 Å². The van der Waals surface area contributed by atoms with Gasteiger partial charge < -0.3 is 10.1 Å². The number of aromatic amines is 1. The summed E-state index contributed by atoms with van der Waals surface area (Å²) in [5.41, 5.74) is -0.465. The number of H-pyrrole nitrogens is 1. The number of nitrogens with zero attached hydrogens (tertiary/aromatic N) is 1. The highest BCUT2D eigenvalue weighted by molar-refractivity contribution is 7.71. The maximum atomic E-state index is 12.0. The first-order valence-electron chi connectivity index (χ1n) is 3.22. The van der Waals surface area contributed by atoms with Gasteiger partial charge in [-0.2, -0.15) is 13.2 Å².